The molecule has 1 saturated heterocycles. The number of nitrogens with zero attached hydrogens (tertiary/aromatic N) is 4. The Labute approximate surface area is 165 Å². The Bertz CT molecular complexity index is 806. The molecule has 1 saturated carbocycles. The second-order valence-electron chi connectivity index (χ2n) is 8.03. The fourth-order valence-electron chi connectivity index (χ4n) is 4.46. The van der Waals surface area contributed by atoms with Crippen LogP contribution in [0.5, 0.6) is 0 Å². The van der Waals surface area contributed by atoms with Crippen LogP contribution in [0.15, 0.2) is 18.5 Å². The summed E-state index contributed by atoms with van der Waals surface area (Å²) in [5.41, 5.74) is 1.60. The summed E-state index contributed by atoms with van der Waals surface area (Å²) in [4.78, 5) is 19.9. The SMILES string of the molecule is CC(C)n1ncc2cc(C(=O)NCC3(N4CCSCC4)CCCC3)cnc21. The summed E-state index contributed by atoms with van der Waals surface area (Å²) in [7, 11) is 0. The average Bonchev–Trinajstić information content (AvgIpc) is 3.34. The lowest BCUT2D eigenvalue weighted by Crippen LogP contribution is -2.56. The highest BCUT2D eigenvalue weighted by atomic mass is 32.2. The van der Waals surface area contributed by atoms with E-state index in [9.17, 15) is 4.79 Å². The van der Waals surface area contributed by atoms with Gasteiger partial charge in [-0.25, -0.2) is 9.67 Å². The summed E-state index contributed by atoms with van der Waals surface area (Å²) in [5, 5.41) is 8.53. The molecule has 2 aliphatic rings. The van der Waals surface area contributed by atoms with E-state index in [-0.39, 0.29) is 17.5 Å². The first-order valence-electron chi connectivity index (χ1n) is 10.0. The zero-order valence-corrected chi connectivity index (χ0v) is 17.1. The normalized spacial score (nSPS) is 20.4. The third-order valence-corrected chi connectivity index (χ3v) is 6.92. The van der Waals surface area contributed by atoms with Gasteiger partial charge in [-0.3, -0.25) is 9.69 Å². The quantitative estimate of drug-likeness (QED) is 0.854. The number of aromatic nitrogens is 3. The summed E-state index contributed by atoms with van der Waals surface area (Å²) in [6, 6.07) is 2.15. The first kappa shape index (κ1) is 18.7. The lowest BCUT2D eigenvalue weighted by Gasteiger charge is -2.43. The minimum atomic E-state index is -0.0284. The molecule has 0 spiro atoms. The predicted octanol–water partition coefficient (Wildman–Crippen LogP) is 3.10. The zero-order chi connectivity index (χ0) is 18.9. The molecule has 1 aliphatic carbocycles. The lowest BCUT2D eigenvalue weighted by atomic mass is 9.94. The number of rotatable bonds is 5. The van der Waals surface area contributed by atoms with E-state index >= 15 is 0 Å². The molecule has 0 aromatic carbocycles. The van der Waals surface area contributed by atoms with Gasteiger partial charge in [0.1, 0.15) is 0 Å². The molecule has 7 heteroatoms. The van der Waals surface area contributed by atoms with Crippen LogP contribution in [-0.2, 0) is 0 Å². The van der Waals surface area contributed by atoms with Crippen LogP contribution < -0.4 is 5.32 Å². The second-order valence-corrected chi connectivity index (χ2v) is 9.26. The number of pyridine rings is 1. The van der Waals surface area contributed by atoms with Crippen molar-refractivity contribution in [3.63, 3.8) is 0 Å². The van der Waals surface area contributed by atoms with Crippen molar-refractivity contribution < 1.29 is 4.79 Å². The number of fused-ring (bicyclic) bond motifs is 1. The lowest BCUT2D eigenvalue weighted by molar-refractivity contribution is 0.0817. The van der Waals surface area contributed by atoms with Crippen LogP contribution >= 0.6 is 11.8 Å². The topological polar surface area (TPSA) is 63.1 Å². The number of carbonyl (C=O) groups excluding carboxylic acids is 1. The number of hydrogen-bond donors (Lipinski definition) is 1. The van der Waals surface area contributed by atoms with Gasteiger partial charge in [0.05, 0.1) is 11.8 Å². The van der Waals surface area contributed by atoms with Crippen molar-refractivity contribution in [2.24, 2.45) is 0 Å². The van der Waals surface area contributed by atoms with Crippen molar-refractivity contribution >= 4 is 28.7 Å². The first-order chi connectivity index (χ1) is 13.1. The van der Waals surface area contributed by atoms with E-state index in [4.69, 9.17) is 0 Å². The predicted molar refractivity (Wildman–Crippen MR) is 110 cm³/mol. The van der Waals surface area contributed by atoms with E-state index in [1.165, 1.54) is 37.2 Å². The van der Waals surface area contributed by atoms with Gasteiger partial charge in [-0.05, 0) is 32.8 Å². The van der Waals surface area contributed by atoms with Gasteiger partial charge in [0, 0.05) is 54.3 Å². The molecular weight excluding hydrogens is 358 g/mol. The van der Waals surface area contributed by atoms with E-state index in [1.54, 1.807) is 12.4 Å². The van der Waals surface area contributed by atoms with E-state index in [0.717, 1.165) is 30.7 Å². The van der Waals surface area contributed by atoms with Gasteiger partial charge in [-0.2, -0.15) is 16.9 Å². The number of hydrogen-bond acceptors (Lipinski definition) is 5. The highest BCUT2D eigenvalue weighted by Gasteiger charge is 2.40. The Morgan fingerprint density at radius 2 is 2.00 bits per heavy atom. The first-order valence-corrected chi connectivity index (χ1v) is 11.2. The molecule has 0 unspecified atom stereocenters. The standard InChI is InChI=1S/C20H29N5OS/c1-15(2)25-18-16(13-23-25)11-17(12-21-18)19(26)22-14-20(5-3-4-6-20)24-7-9-27-10-8-24/h11-13,15H,3-10,14H2,1-2H3,(H,22,26). The van der Waals surface area contributed by atoms with E-state index < -0.39 is 0 Å². The Morgan fingerprint density at radius 3 is 2.70 bits per heavy atom. The molecule has 0 atom stereocenters. The van der Waals surface area contributed by atoms with Gasteiger partial charge in [-0.1, -0.05) is 12.8 Å². The Morgan fingerprint density at radius 1 is 1.26 bits per heavy atom. The summed E-state index contributed by atoms with van der Waals surface area (Å²) < 4.78 is 1.89. The Hall–Kier alpha value is -1.60. The van der Waals surface area contributed by atoms with Gasteiger partial charge in [0.25, 0.3) is 5.91 Å². The fourth-order valence-corrected chi connectivity index (χ4v) is 5.37. The molecule has 27 heavy (non-hydrogen) atoms. The largest absolute Gasteiger partial charge is 0.350 e. The van der Waals surface area contributed by atoms with Crippen molar-refractivity contribution in [1.29, 1.82) is 0 Å². The molecule has 0 radical (unpaired) electrons. The molecule has 146 valence electrons. The maximum Gasteiger partial charge on any atom is 0.252 e. The summed E-state index contributed by atoms with van der Waals surface area (Å²) in [6.45, 7) is 7.18. The smallest absolute Gasteiger partial charge is 0.252 e. The van der Waals surface area contributed by atoms with Crippen molar-refractivity contribution in [3.05, 3.63) is 24.0 Å². The monoisotopic (exact) mass is 387 g/mol. The molecule has 4 rings (SSSR count). The van der Waals surface area contributed by atoms with Crippen LogP contribution in [0.25, 0.3) is 11.0 Å². The molecule has 6 nitrogen and oxygen atoms in total. The highest BCUT2D eigenvalue weighted by Crippen LogP contribution is 2.36. The number of nitrogens with one attached hydrogen (secondary N) is 1. The van der Waals surface area contributed by atoms with Crippen LogP contribution in [0, 0.1) is 0 Å². The van der Waals surface area contributed by atoms with Crippen molar-refractivity contribution in [3.8, 4) is 0 Å². The van der Waals surface area contributed by atoms with Gasteiger partial charge >= 0.3 is 0 Å². The maximum atomic E-state index is 12.8. The van der Waals surface area contributed by atoms with Crippen LogP contribution in [0.1, 0.15) is 55.9 Å². The van der Waals surface area contributed by atoms with Crippen LogP contribution in [0.2, 0.25) is 0 Å². The summed E-state index contributed by atoms with van der Waals surface area (Å²) >= 11 is 2.04. The van der Waals surface area contributed by atoms with Gasteiger partial charge in [-0.15, -0.1) is 0 Å². The number of thioether (sulfide) groups is 1. The summed E-state index contributed by atoms with van der Waals surface area (Å²) in [5.74, 6) is 2.38. The second kappa shape index (κ2) is 7.80. The van der Waals surface area contributed by atoms with E-state index in [0.29, 0.717) is 5.56 Å². The van der Waals surface area contributed by atoms with Crippen molar-refractivity contribution in [1.82, 2.24) is 25.0 Å². The summed E-state index contributed by atoms with van der Waals surface area (Å²) in [6.07, 6.45) is 8.38. The molecular formula is C20H29N5OS. The van der Waals surface area contributed by atoms with Crippen LogP contribution in [0.3, 0.4) is 0 Å². The van der Waals surface area contributed by atoms with E-state index in [1.807, 2.05) is 22.5 Å². The third kappa shape index (κ3) is 3.72. The average molecular weight is 388 g/mol. The van der Waals surface area contributed by atoms with Gasteiger partial charge < -0.3 is 5.32 Å². The maximum absolute atomic E-state index is 12.8. The molecule has 2 aromatic heterocycles. The van der Waals surface area contributed by atoms with Crippen molar-refractivity contribution in [2.45, 2.75) is 51.1 Å². The van der Waals surface area contributed by atoms with Crippen LogP contribution in [0.4, 0.5) is 0 Å². The zero-order valence-electron chi connectivity index (χ0n) is 16.3. The van der Waals surface area contributed by atoms with Crippen molar-refractivity contribution in [2.75, 3.05) is 31.1 Å². The molecule has 1 N–H and O–H groups in total. The minimum Gasteiger partial charge on any atom is -0.350 e. The molecule has 2 aromatic rings. The molecule has 3 heterocycles. The van der Waals surface area contributed by atoms with E-state index in [2.05, 4.69) is 34.1 Å². The van der Waals surface area contributed by atoms with Gasteiger partial charge in [0.2, 0.25) is 0 Å². The highest BCUT2D eigenvalue weighted by molar-refractivity contribution is 7.99. The Kier molecular flexibility index (Phi) is 5.41. The van der Waals surface area contributed by atoms with Crippen LogP contribution in [-0.4, -0.2) is 62.3 Å². The number of amides is 1. The minimum absolute atomic E-state index is 0.0284. The molecule has 1 aliphatic heterocycles. The third-order valence-electron chi connectivity index (χ3n) is 5.98. The van der Waals surface area contributed by atoms with Gasteiger partial charge in [0.15, 0.2) is 5.65 Å². The number of carbonyl (C=O) groups is 1. The molecule has 2 fully saturated rings. The molecule has 1 amide bonds. The molecule has 0 bridgehead atoms. The fraction of sp³-hybridized carbons (Fsp3) is 0.650. The Balaban J connectivity index is 1.47.